The van der Waals surface area contributed by atoms with Crippen LogP contribution >= 0.6 is 0 Å². The molecule has 1 aliphatic rings. The minimum Gasteiger partial charge on any atom is -0.308 e. The Morgan fingerprint density at radius 1 is 1.37 bits per heavy atom. The SMILES string of the molecule is CC1CN(C(=O)c2ccn[nH]2)c2ccccc2CN1. The van der Waals surface area contributed by atoms with E-state index in [1.54, 1.807) is 12.3 Å². The minimum atomic E-state index is -0.0412. The first-order valence-electron chi connectivity index (χ1n) is 6.38. The summed E-state index contributed by atoms with van der Waals surface area (Å²) in [7, 11) is 0. The molecule has 2 N–H and O–H groups in total. The van der Waals surface area contributed by atoms with Gasteiger partial charge in [-0.25, -0.2) is 0 Å². The Morgan fingerprint density at radius 2 is 2.21 bits per heavy atom. The zero-order valence-corrected chi connectivity index (χ0v) is 10.8. The molecule has 0 fully saturated rings. The number of nitrogens with zero attached hydrogens (tertiary/aromatic N) is 2. The van der Waals surface area contributed by atoms with Gasteiger partial charge in [-0.3, -0.25) is 9.89 Å². The number of carbonyl (C=O) groups is 1. The van der Waals surface area contributed by atoms with Crippen molar-refractivity contribution in [3.63, 3.8) is 0 Å². The Hall–Kier alpha value is -2.14. The first-order valence-corrected chi connectivity index (χ1v) is 6.38. The molecule has 0 aliphatic carbocycles. The highest BCUT2D eigenvalue weighted by molar-refractivity contribution is 6.05. The van der Waals surface area contributed by atoms with Gasteiger partial charge in [0.05, 0.1) is 0 Å². The lowest BCUT2D eigenvalue weighted by molar-refractivity contribution is 0.0980. The molecule has 3 rings (SSSR count). The van der Waals surface area contributed by atoms with Crippen LogP contribution in [0.15, 0.2) is 36.5 Å². The first-order chi connectivity index (χ1) is 9.25. The monoisotopic (exact) mass is 256 g/mol. The molecule has 19 heavy (non-hydrogen) atoms. The summed E-state index contributed by atoms with van der Waals surface area (Å²) in [6.45, 7) is 3.51. The zero-order valence-electron chi connectivity index (χ0n) is 10.8. The van der Waals surface area contributed by atoms with Gasteiger partial charge in [-0.1, -0.05) is 18.2 Å². The van der Waals surface area contributed by atoms with E-state index in [-0.39, 0.29) is 11.9 Å². The summed E-state index contributed by atoms with van der Waals surface area (Å²) in [5.41, 5.74) is 2.63. The summed E-state index contributed by atoms with van der Waals surface area (Å²) in [5, 5.41) is 10.00. The van der Waals surface area contributed by atoms with Crippen LogP contribution in [0.25, 0.3) is 0 Å². The molecule has 1 atom stereocenters. The maximum atomic E-state index is 12.5. The molecular formula is C14H16N4O. The molecule has 1 aliphatic heterocycles. The van der Waals surface area contributed by atoms with Crippen LogP contribution in [-0.4, -0.2) is 28.7 Å². The lowest BCUT2D eigenvalue weighted by atomic mass is 10.1. The normalized spacial score (nSPS) is 18.8. The van der Waals surface area contributed by atoms with Gasteiger partial charge < -0.3 is 10.2 Å². The highest BCUT2D eigenvalue weighted by Crippen LogP contribution is 2.24. The van der Waals surface area contributed by atoms with Crippen LogP contribution in [0.2, 0.25) is 0 Å². The average molecular weight is 256 g/mol. The van der Waals surface area contributed by atoms with Gasteiger partial charge in [0, 0.05) is 31.0 Å². The van der Waals surface area contributed by atoms with Gasteiger partial charge in [0.25, 0.3) is 5.91 Å². The van der Waals surface area contributed by atoms with E-state index in [1.807, 2.05) is 29.2 Å². The van der Waals surface area contributed by atoms with E-state index >= 15 is 0 Å². The third kappa shape index (κ3) is 2.24. The quantitative estimate of drug-likeness (QED) is 0.813. The Bertz CT molecular complexity index is 579. The van der Waals surface area contributed by atoms with E-state index < -0.39 is 0 Å². The molecule has 1 aromatic carbocycles. The molecule has 0 saturated carbocycles. The minimum absolute atomic E-state index is 0.0412. The zero-order chi connectivity index (χ0) is 13.2. The lowest BCUT2D eigenvalue weighted by Gasteiger charge is -2.23. The molecule has 98 valence electrons. The highest BCUT2D eigenvalue weighted by Gasteiger charge is 2.25. The van der Waals surface area contributed by atoms with Gasteiger partial charge in [-0.2, -0.15) is 5.10 Å². The Balaban J connectivity index is 2.01. The summed E-state index contributed by atoms with van der Waals surface area (Å²) in [6, 6.07) is 9.95. The van der Waals surface area contributed by atoms with E-state index in [0.29, 0.717) is 12.2 Å². The van der Waals surface area contributed by atoms with Crippen molar-refractivity contribution in [2.75, 3.05) is 11.4 Å². The van der Waals surface area contributed by atoms with Crippen molar-refractivity contribution in [1.82, 2.24) is 15.5 Å². The van der Waals surface area contributed by atoms with Crippen LogP contribution in [0.3, 0.4) is 0 Å². The molecular weight excluding hydrogens is 240 g/mol. The fourth-order valence-corrected chi connectivity index (χ4v) is 2.36. The number of H-pyrrole nitrogens is 1. The second-order valence-corrected chi connectivity index (χ2v) is 4.80. The van der Waals surface area contributed by atoms with Gasteiger partial charge in [-0.05, 0) is 24.6 Å². The van der Waals surface area contributed by atoms with Gasteiger partial charge in [0.1, 0.15) is 5.69 Å². The number of fused-ring (bicyclic) bond motifs is 1. The number of anilines is 1. The van der Waals surface area contributed by atoms with Crippen molar-refractivity contribution in [3.05, 3.63) is 47.8 Å². The number of benzene rings is 1. The van der Waals surface area contributed by atoms with Crippen molar-refractivity contribution in [2.24, 2.45) is 0 Å². The molecule has 0 spiro atoms. The third-order valence-corrected chi connectivity index (χ3v) is 3.36. The van der Waals surface area contributed by atoms with Crippen LogP contribution in [0.4, 0.5) is 5.69 Å². The van der Waals surface area contributed by atoms with Crippen LogP contribution in [0.1, 0.15) is 23.0 Å². The summed E-state index contributed by atoms with van der Waals surface area (Å²) in [4.78, 5) is 14.4. The fraction of sp³-hybridized carbons (Fsp3) is 0.286. The predicted molar refractivity (Wildman–Crippen MR) is 73.0 cm³/mol. The molecule has 1 unspecified atom stereocenters. The van der Waals surface area contributed by atoms with Gasteiger partial charge in [-0.15, -0.1) is 0 Å². The van der Waals surface area contributed by atoms with Crippen molar-refractivity contribution in [3.8, 4) is 0 Å². The number of nitrogens with one attached hydrogen (secondary N) is 2. The average Bonchev–Trinajstić information content (AvgIpc) is 2.91. The van der Waals surface area contributed by atoms with E-state index in [2.05, 4.69) is 22.4 Å². The molecule has 2 aromatic rings. The number of hydrogen-bond acceptors (Lipinski definition) is 3. The van der Waals surface area contributed by atoms with Crippen LogP contribution in [0, 0.1) is 0 Å². The molecule has 0 radical (unpaired) electrons. The second kappa shape index (κ2) is 4.85. The second-order valence-electron chi connectivity index (χ2n) is 4.80. The molecule has 5 nitrogen and oxygen atoms in total. The lowest BCUT2D eigenvalue weighted by Crippen LogP contribution is -2.39. The number of rotatable bonds is 1. The Labute approximate surface area is 111 Å². The van der Waals surface area contributed by atoms with Crippen molar-refractivity contribution in [2.45, 2.75) is 19.5 Å². The Kier molecular flexibility index (Phi) is 3.05. The summed E-state index contributed by atoms with van der Waals surface area (Å²) in [6.07, 6.45) is 1.60. The van der Waals surface area contributed by atoms with E-state index in [0.717, 1.165) is 17.8 Å². The standard InChI is InChI=1S/C14H16N4O/c1-10-9-18(14(19)12-6-7-16-17-12)13-5-3-2-4-11(13)8-15-10/h2-7,10,15H,8-9H2,1H3,(H,16,17). The topological polar surface area (TPSA) is 61.0 Å². The summed E-state index contributed by atoms with van der Waals surface area (Å²) >= 11 is 0. The van der Waals surface area contributed by atoms with Gasteiger partial charge in [0.15, 0.2) is 0 Å². The van der Waals surface area contributed by atoms with E-state index in [9.17, 15) is 4.79 Å². The molecule has 1 amide bonds. The number of aromatic nitrogens is 2. The van der Waals surface area contributed by atoms with Crippen LogP contribution in [-0.2, 0) is 6.54 Å². The maximum absolute atomic E-state index is 12.5. The third-order valence-electron chi connectivity index (χ3n) is 3.36. The van der Waals surface area contributed by atoms with Crippen LogP contribution < -0.4 is 10.2 Å². The van der Waals surface area contributed by atoms with E-state index in [1.165, 1.54) is 0 Å². The smallest absolute Gasteiger partial charge is 0.276 e. The number of aromatic amines is 1. The number of amides is 1. The van der Waals surface area contributed by atoms with Crippen LogP contribution in [0.5, 0.6) is 0 Å². The van der Waals surface area contributed by atoms with Gasteiger partial charge in [0.2, 0.25) is 0 Å². The highest BCUT2D eigenvalue weighted by atomic mass is 16.2. The van der Waals surface area contributed by atoms with Crippen molar-refractivity contribution in [1.29, 1.82) is 0 Å². The molecule has 5 heteroatoms. The summed E-state index contributed by atoms with van der Waals surface area (Å²) < 4.78 is 0. The number of para-hydroxylation sites is 1. The molecule has 2 heterocycles. The van der Waals surface area contributed by atoms with E-state index in [4.69, 9.17) is 0 Å². The maximum Gasteiger partial charge on any atom is 0.276 e. The largest absolute Gasteiger partial charge is 0.308 e. The molecule has 1 aromatic heterocycles. The van der Waals surface area contributed by atoms with Gasteiger partial charge >= 0.3 is 0 Å². The number of hydrogen-bond donors (Lipinski definition) is 2. The predicted octanol–water partition coefficient (Wildman–Crippen LogP) is 1.55. The molecule has 0 saturated heterocycles. The van der Waals surface area contributed by atoms with Crippen molar-refractivity contribution >= 4 is 11.6 Å². The first kappa shape index (κ1) is 11.9. The fourth-order valence-electron chi connectivity index (χ4n) is 2.36. The Morgan fingerprint density at radius 3 is 3.00 bits per heavy atom. The number of carbonyl (C=O) groups excluding carboxylic acids is 1. The van der Waals surface area contributed by atoms with Crippen molar-refractivity contribution < 1.29 is 4.79 Å². The summed E-state index contributed by atoms with van der Waals surface area (Å²) in [5.74, 6) is -0.0412. The molecule has 0 bridgehead atoms.